The van der Waals surface area contributed by atoms with E-state index in [1.54, 1.807) is 0 Å². The molecule has 1 nitrogen and oxygen atoms in total. The van der Waals surface area contributed by atoms with Crippen molar-refractivity contribution >= 4 is 0 Å². The van der Waals surface area contributed by atoms with Crippen LogP contribution < -0.4 is 0 Å². The van der Waals surface area contributed by atoms with Crippen LogP contribution in [0.3, 0.4) is 0 Å². The largest absolute Gasteiger partial charge is 0.373 e. The minimum atomic E-state index is 0.533. The summed E-state index contributed by atoms with van der Waals surface area (Å²) >= 11 is 0. The summed E-state index contributed by atoms with van der Waals surface area (Å²) in [4.78, 5) is 0. The molecule has 1 aromatic carbocycles. The number of benzene rings is 1. The zero-order valence-electron chi connectivity index (χ0n) is 9.36. The van der Waals surface area contributed by atoms with Gasteiger partial charge < -0.3 is 4.74 Å². The molecule has 2 rings (SSSR count). The lowest BCUT2D eigenvalue weighted by Crippen LogP contribution is -2.06. The lowest BCUT2D eigenvalue weighted by atomic mass is 9.99. The van der Waals surface area contributed by atoms with Crippen molar-refractivity contribution < 1.29 is 4.74 Å². The van der Waals surface area contributed by atoms with Crippen LogP contribution in [0.5, 0.6) is 0 Å². The lowest BCUT2D eigenvalue weighted by Gasteiger charge is -2.06. The summed E-state index contributed by atoms with van der Waals surface area (Å²) in [5.41, 5.74) is 1.42. The fraction of sp³-hybridized carbons (Fsp3) is 0.538. The fourth-order valence-electron chi connectivity index (χ4n) is 1.50. The second-order valence-corrected chi connectivity index (χ2v) is 3.54. The first kappa shape index (κ1) is 11.3. The number of ether oxygens (including phenoxy) is 1. The first-order valence-corrected chi connectivity index (χ1v) is 5.52. The van der Waals surface area contributed by atoms with Gasteiger partial charge in [-0.05, 0) is 17.9 Å². The zero-order chi connectivity index (χ0) is 10.4. The van der Waals surface area contributed by atoms with Gasteiger partial charge in [0.25, 0.3) is 0 Å². The summed E-state index contributed by atoms with van der Waals surface area (Å²) in [5, 5.41) is 0. The van der Waals surface area contributed by atoms with E-state index in [4.69, 9.17) is 4.74 Å². The molecule has 0 amide bonds. The van der Waals surface area contributed by atoms with Crippen molar-refractivity contribution in [3.8, 4) is 0 Å². The molecule has 0 aromatic heterocycles. The minimum Gasteiger partial charge on any atom is -0.373 e. The monoisotopic (exact) mass is 192 g/mol. The van der Waals surface area contributed by atoms with Crippen LogP contribution in [0, 0.1) is 5.92 Å². The van der Waals surface area contributed by atoms with Crippen LogP contribution in [-0.4, -0.2) is 12.7 Å². The number of rotatable bonds is 3. The average molecular weight is 192 g/mol. The van der Waals surface area contributed by atoms with Crippen molar-refractivity contribution in [1.82, 2.24) is 0 Å². The van der Waals surface area contributed by atoms with Crippen molar-refractivity contribution in [3.63, 3.8) is 0 Å². The molecule has 1 fully saturated rings. The van der Waals surface area contributed by atoms with Gasteiger partial charge in [-0.25, -0.2) is 0 Å². The number of hydrogen-bond donors (Lipinski definition) is 0. The summed E-state index contributed by atoms with van der Waals surface area (Å²) in [6.07, 6.45) is 1.68. The molecule has 14 heavy (non-hydrogen) atoms. The van der Waals surface area contributed by atoms with Gasteiger partial charge in [0.1, 0.15) is 0 Å². The summed E-state index contributed by atoms with van der Waals surface area (Å²) in [5.74, 6) is 0.674. The molecule has 2 atom stereocenters. The molecule has 78 valence electrons. The Morgan fingerprint density at radius 1 is 1.29 bits per heavy atom. The molecular weight excluding hydrogens is 172 g/mol. The van der Waals surface area contributed by atoms with E-state index in [0.29, 0.717) is 12.0 Å². The van der Waals surface area contributed by atoms with Crippen molar-refractivity contribution in [3.05, 3.63) is 35.9 Å². The molecule has 1 aromatic rings. The second-order valence-electron chi connectivity index (χ2n) is 3.54. The highest BCUT2D eigenvalue weighted by Gasteiger charge is 2.28. The van der Waals surface area contributed by atoms with Gasteiger partial charge in [-0.1, -0.05) is 51.1 Å². The smallest absolute Gasteiger partial charge is 0.0838 e. The highest BCUT2D eigenvalue weighted by molar-refractivity contribution is 5.15. The quantitative estimate of drug-likeness (QED) is 0.669. The molecule has 0 bridgehead atoms. The molecule has 1 heterocycles. The summed E-state index contributed by atoms with van der Waals surface area (Å²) in [6, 6.07) is 10.6. The van der Waals surface area contributed by atoms with Crippen molar-refractivity contribution in [2.24, 2.45) is 5.92 Å². The highest BCUT2D eigenvalue weighted by Crippen LogP contribution is 2.22. The summed E-state index contributed by atoms with van der Waals surface area (Å²) in [6.45, 7) is 7.22. The van der Waals surface area contributed by atoms with Gasteiger partial charge in [0, 0.05) is 0 Å². The third-order valence-corrected chi connectivity index (χ3v) is 2.39. The van der Waals surface area contributed by atoms with E-state index in [2.05, 4.69) is 37.3 Å². The Labute approximate surface area is 87.1 Å². The molecule has 1 unspecified atom stereocenters. The molecule has 0 saturated carbocycles. The van der Waals surface area contributed by atoms with Gasteiger partial charge in [0.15, 0.2) is 0 Å². The average Bonchev–Trinajstić information content (AvgIpc) is 3.05. The van der Waals surface area contributed by atoms with Crippen molar-refractivity contribution in [1.29, 1.82) is 0 Å². The van der Waals surface area contributed by atoms with E-state index in [0.717, 1.165) is 13.0 Å². The molecule has 0 aliphatic carbocycles. The van der Waals surface area contributed by atoms with Crippen molar-refractivity contribution in [2.45, 2.75) is 33.3 Å². The van der Waals surface area contributed by atoms with Crippen LogP contribution in [0.1, 0.15) is 26.3 Å². The van der Waals surface area contributed by atoms with E-state index in [9.17, 15) is 0 Å². The molecule has 1 heteroatoms. The van der Waals surface area contributed by atoms with Crippen LogP contribution in [0.25, 0.3) is 0 Å². The Bertz CT molecular complexity index is 239. The predicted octanol–water partition coefficient (Wildman–Crippen LogP) is 3.29. The van der Waals surface area contributed by atoms with E-state index in [1.807, 2.05) is 13.8 Å². The zero-order valence-corrected chi connectivity index (χ0v) is 9.36. The normalized spacial score (nSPS) is 20.6. The van der Waals surface area contributed by atoms with Crippen LogP contribution in [-0.2, 0) is 11.2 Å². The van der Waals surface area contributed by atoms with Gasteiger partial charge in [0.05, 0.1) is 12.7 Å². The first-order valence-electron chi connectivity index (χ1n) is 5.52. The van der Waals surface area contributed by atoms with E-state index in [-0.39, 0.29) is 0 Å². The number of epoxide rings is 1. The van der Waals surface area contributed by atoms with Crippen LogP contribution in [0.15, 0.2) is 30.3 Å². The Morgan fingerprint density at radius 3 is 2.36 bits per heavy atom. The van der Waals surface area contributed by atoms with E-state index >= 15 is 0 Å². The molecular formula is C13H20O. The molecule has 1 saturated heterocycles. The van der Waals surface area contributed by atoms with Gasteiger partial charge in [-0.2, -0.15) is 0 Å². The predicted molar refractivity (Wildman–Crippen MR) is 60.4 cm³/mol. The van der Waals surface area contributed by atoms with Gasteiger partial charge in [0.2, 0.25) is 0 Å². The SMILES string of the molecule is CC.CC(Cc1ccccc1)[C@H]1CO1. The molecule has 1 aliphatic rings. The third-order valence-electron chi connectivity index (χ3n) is 2.39. The molecule has 0 spiro atoms. The maximum Gasteiger partial charge on any atom is 0.0838 e. The Morgan fingerprint density at radius 2 is 1.86 bits per heavy atom. The van der Waals surface area contributed by atoms with Gasteiger partial charge in [-0.3, -0.25) is 0 Å². The minimum absolute atomic E-state index is 0.533. The second kappa shape index (κ2) is 5.82. The van der Waals surface area contributed by atoms with Gasteiger partial charge >= 0.3 is 0 Å². The molecule has 1 aliphatic heterocycles. The standard InChI is InChI=1S/C11H14O.C2H6/c1-9(11-8-12-11)7-10-5-3-2-4-6-10;1-2/h2-6,9,11H,7-8H2,1H3;1-2H3/t9?,11-;/m1./s1. The molecule has 0 radical (unpaired) electrons. The maximum absolute atomic E-state index is 5.24. The maximum atomic E-state index is 5.24. The Kier molecular flexibility index (Phi) is 4.68. The fourth-order valence-corrected chi connectivity index (χ4v) is 1.50. The van der Waals surface area contributed by atoms with E-state index < -0.39 is 0 Å². The lowest BCUT2D eigenvalue weighted by molar-refractivity contribution is 0.341. The first-order chi connectivity index (χ1) is 6.86. The van der Waals surface area contributed by atoms with E-state index in [1.165, 1.54) is 5.56 Å². The summed E-state index contributed by atoms with van der Waals surface area (Å²) < 4.78 is 5.24. The topological polar surface area (TPSA) is 12.5 Å². The third kappa shape index (κ3) is 3.51. The molecule has 0 N–H and O–H groups in total. The van der Waals surface area contributed by atoms with Crippen LogP contribution in [0.2, 0.25) is 0 Å². The number of hydrogen-bond acceptors (Lipinski definition) is 1. The Balaban J connectivity index is 0.000000461. The Hall–Kier alpha value is -0.820. The summed E-state index contributed by atoms with van der Waals surface area (Å²) in [7, 11) is 0. The van der Waals surface area contributed by atoms with Crippen LogP contribution >= 0.6 is 0 Å². The van der Waals surface area contributed by atoms with Crippen molar-refractivity contribution in [2.75, 3.05) is 6.61 Å². The van der Waals surface area contributed by atoms with Gasteiger partial charge in [-0.15, -0.1) is 0 Å². The van der Waals surface area contributed by atoms with Crippen LogP contribution in [0.4, 0.5) is 0 Å². The highest BCUT2D eigenvalue weighted by atomic mass is 16.6.